The molecule has 5 aliphatic carbocycles. The molecule has 1 aromatic rings. The van der Waals surface area contributed by atoms with Gasteiger partial charge in [0, 0.05) is 24.8 Å². The second-order valence-corrected chi connectivity index (χ2v) is 10.5. The van der Waals surface area contributed by atoms with Crippen LogP contribution in [0, 0.1) is 17.8 Å². The second kappa shape index (κ2) is 7.16. The van der Waals surface area contributed by atoms with Crippen LogP contribution in [0.25, 0.3) is 0 Å². The van der Waals surface area contributed by atoms with E-state index < -0.39 is 5.60 Å². The topological polar surface area (TPSA) is 96.4 Å². The van der Waals surface area contributed by atoms with Crippen molar-refractivity contribution in [3.8, 4) is 0 Å². The first-order valence-electron chi connectivity index (χ1n) is 11.8. The molecule has 0 radical (unpaired) electrons. The van der Waals surface area contributed by atoms with E-state index in [1.165, 1.54) is 6.42 Å². The highest BCUT2D eigenvalue weighted by atomic mass is 16.5. The van der Waals surface area contributed by atoms with Crippen molar-refractivity contribution in [2.75, 3.05) is 18.5 Å². The van der Waals surface area contributed by atoms with Crippen LogP contribution in [0.1, 0.15) is 79.8 Å². The minimum atomic E-state index is -0.477. The Morgan fingerprint density at radius 2 is 1.97 bits per heavy atom. The summed E-state index contributed by atoms with van der Waals surface area (Å²) in [6.45, 7) is 1.45. The molecule has 7 rings (SSSR count). The predicted molar refractivity (Wildman–Crippen MR) is 111 cm³/mol. The lowest BCUT2D eigenvalue weighted by molar-refractivity contribution is -0.136. The standard InChI is InChI=1S/C23H32N4O3/c28-21(26-19-15-6-13-7-16(19)10-23(29,8-13)9-15)18-11-24-22(25-17-4-5-30-12-17)27-20(18)14-2-1-3-14/h11,13-17,19,29H,1-10,12H2,(H,26,28)(H,24,25,27)/t13?,15-,16+,17-,19?,23?/m0/s1. The van der Waals surface area contributed by atoms with Crippen LogP contribution in [-0.2, 0) is 4.74 Å². The van der Waals surface area contributed by atoms with Gasteiger partial charge in [-0.15, -0.1) is 0 Å². The van der Waals surface area contributed by atoms with Gasteiger partial charge in [-0.1, -0.05) is 6.42 Å². The van der Waals surface area contributed by atoms with Crippen molar-refractivity contribution in [1.29, 1.82) is 0 Å². The minimum absolute atomic E-state index is 0.0305. The van der Waals surface area contributed by atoms with Gasteiger partial charge in [-0.25, -0.2) is 9.97 Å². The second-order valence-electron chi connectivity index (χ2n) is 10.5. The largest absolute Gasteiger partial charge is 0.390 e. The maximum atomic E-state index is 13.3. The quantitative estimate of drug-likeness (QED) is 0.688. The third-order valence-electron chi connectivity index (χ3n) is 8.36. The smallest absolute Gasteiger partial charge is 0.254 e. The molecule has 30 heavy (non-hydrogen) atoms. The third kappa shape index (κ3) is 3.30. The van der Waals surface area contributed by atoms with Gasteiger partial charge in [0.25, 0.3) is 5.91 Å². The number of hydrogen-bond acceptors (Lipinski definition) is 6. The lowest BCUT2D eigenvalue weighted by atomic mass is 9.52. The number of aliphatic hydroxyl groups is 1. The highest BCUT2D eigenvalue weighted by molar-refractivity contribution is 5.95. The van der Waals surface area contributed by atoms with Crippen molar-refractivity contribution in [2.45, 2.75) is 81.4 Å². The minimum Gasteiger partial charge on any atom is -0.390 e. The van der Waals surface area contributed by atoms with E-state index in [9.17, 15) is 9.90 Å². The van der Waals surface area contributed by atoms with Gasteiger partial charge < -0.3 is 20.5 Å². The van der Waals surface area contributed by atoms with Crippen molar-refractivity contribution >= 4 is 11.9 Å². The van der Waals surface area contributed by atoms with Crippen LogP contribution < -0.4 is 10.6 Å². The average Bonchev–Trinajstić information content (AvgIpc) is 3.15. The zero-order valence-corrected chi connectivity index (χ0v) is 17.5. The highest BCUT2D eigenvalue weighted by Gasteiger charge is 2.55. The summed E-state index contributed by atoms with van der Waals surface area (Å²) < 4.78 is 5.44. The maximum absolute atomic E-state index is 13.3. The van der Waals surface area contributed by atoms with Gasteiger partial charge >= 0.3 is 0 Å². The number of rotatable bonds is 5. The van der Waals surface area contributed by atoms with Crippen LogP contribution in [0.5, 0.6) is 0 Å². The fourth-order valence-electron chi connectivity index (χ4n) is 6.91. The zero-order valence-electron chi connectivity index (χ0n) is 17.5. The van der Waals surface area contributed by atoms with E-state index in [0.717, 1.165) is 63.7 Å². The van der Waals surface area contributed by atoms with E-state index in [0.29, 0.717) is 41.8 Å². The van der Waals surface area contributed by atoms with Crippen molar-refractivity contribution in [1.82, 2.24) is 15.3 Å². The Hall–Kier alpha value is -1.73. The van der Waals surface area contributed by atoms with Gasteiger partial charge in [-0.05, 0) is 69.1 Å². The van der Waals surface area contributed by atoms with Crippen LogP contribution in [0.2, 0.25) is 0 Å². The molecule has 6 fully saturated rings. The molecule has 3 N–H and O–H groups in total. The first-order chi connectivity index (χ1) is 14.6. The lowest BCUT2D eigenvalue weighted by Crippen LogP contribution is -2.61. The summed E-state index contributed by atoms with van der Waals surface area (Å²) in [5.41, 5.74) is 1.06. The SMILES string of the molecule is O=C(NC1[C@@H]2CC3C[C@H]1CC(O)(C3)C2)c1cnc(N[C@H]2CCOC2)nc1C1CCC1. The zero-order chi connectivity index (χ0) is 20.3. The molecule has 162 valence electrons. The number of amides is 1. The summed E-state index contributed by atoms with van der Waals surface area (Å²) in [6, 6.07) is 0.426. The summed E-state index contributed by atoms with van der Waals surface area (Å²) in [4.78, 5) is 22.6. The first-order valence-corrected chi connectivity index (χ1v) is 11.8. The average molecular weight is 413 g/mol. The van der Waals surface area contributed by atoms with Gasteiger partial charge in [0.1, 0.15) is 0 Å². The molecule has 6 atom stereocenters. The summed E-state index contributed by atoms with van der Waals surface area (Å²) in [5.74, 6) is 2.38. The monoisotopic (exact) mass is 412 g/mol. The number of hydrogen-bond donors (Lipinski definition) is 3. The molecule has 0 aromatic carbocycles. The van der Waals surface area contributed by atoms with Crippen LogP contribution in [0.3, 0.4) is 0 Å². The number of anilines is 1. The molecule has 1 aliphatic heterocycles. The van der Waals surface area contributed by atoms with Crippen molar-refractivity contribution in [2.24, 2.45) is 17.8 Å². The number of nitrogens with one attached hydrogen (secondary N) is 2. The van der Waals surface area contributed by atoms with Crippen molar-refractivity contribution in [3.05, 3.63) is 17.5 Å². The molecular formula is C23H32N4O3. The van der Waals surface area contributed by atoms with Crippen LogP contribution in [0.15, 0.2) is 6.20 Å². The van der Waals surface area contributed by atoms with Crippen LogP contribution in [0.4, 0.5) is 5.95 Å². The first kappa shape index (κ1) is 19.0. The summed E-state index contributed by atoms with van der Waals surface area (Å²) in [5, 5.41) is 17.6. The van der Waals surface area contributed by atoms with Gasteiger partial charge in [-0.2, -0.15) is 0 Å². The molecule has 1 amide bonds. The molecule has 3 unspecified atom stereocenters. The van der Waals surface area contributed by atoms with Gasteiger partial charge in [0.05, 0.1) is 29.5 Å². The molecule has 1 saturated heterocycles. The normalized spacial score (nSPS) is 39.7. The summed E-state index contributed by atoms with van der Waals surface area (Å²) >= 11 is 0. The Kier molecular flexibility index (Phi) is 4.53. The van der Waals surface area contributed by atoms with E-state index in [4.69, 9.17) is 9.72 Å². The number of nitrogens with zero attached hydrogens (tertiary/aromatic N) is 2. The fraction of sp³-hybridized carbons (Fsp3) is 0.783. The Morgan fingerprint density at radius 3 is 2.60 bits per heavy atom. The number of ether oxygens (including phenoxy) is 1. The van der Waals surface area contributed by atoms with Gasteiger partial charge in [0.2, 0.25) is 5.95 Å². The van der Waals surface area contributed by atoms with E-state index in [-0.39, 0.29) is 18.0 Å². The Balaban J connectivity index is 1.21. The van der Waals surface area contributed by atoms with Gasteiger partial charge in [-0.3, -0.25) is 4.79 Å². The maximum Gasteiger partial charge on any atom is 0.254 e. The predicted octanol–water partition coefficient (Wildman–Crippen LogP) is 2.61. The van der Waals surface area contributed by atoms with Crippen molar-refractivity contribution in [3.63, 3.8) is 0 Å². The van der Waals surface area contributed by atoms with Crippen LogP contribution in [-0.4, -0.2) is 51.9 Å². The summed E-state index contributed by atoms with van der Waals surface area (Å²) in [6.07, 6.45) is 11.0. The third-order valence-corrected chi connectivity index (χ3v) is 8.36. The number of aromatic nitrogens is 2. The molecule has 4 bridgehead atoms. The van der Waals surface area contributed by atoms with Crippen LogP contribution >= 0.6 is 0 Å². The number of carbonyl (C=O) groups excluding carboxylic acids is 1. The molecule has 1 aromatic heterocycles. The van der Waals surface area contributed by atoms with E-state index >= 15 is 0 Å². The molecule has 2 heterocycles. The Labute approximate surface area is 177 Å². The molecule has 0 spiro atoms. The number of carbonyl (C=O) groups is 1. The Morgan fingerprint density at radius 1 is 1.17 bits per heavy atom. The molecule has 7 heteroatoms. The molecule has 5 saturated carbocycles. The molecule has 7 nitrogen and oxygen atoms in total. The highest BCUT2D eigenvalue weighted by Crippen LogP contribution is 2.55. The lowest BCUT2D eigenvalue weighted by Gasteiger charge is -2.58. The summed E-state index contributed by atoms with van der Waals surface area (Å²) in [7, 11) is 0. The fourth-order valence-corrected chi connectivity index (χ4v) is 6.91. The Bertz CT molecular complexity index is 820. The van der Waals surface area contributed by atoms with Crippen molar-refractivity contribution < 1.29 is 14.6 Å². The van der Waals surface area contributed by atoms with E-state index in [1.54, 1.807) is 6.20 Å². The van der Waals surface area contributed by atoms with Gasteiger partial charge in [0.15, 0.2) is 0 Å². The molecular weight excluding hydrogens is 380 g/mol. The van der Waals surface area contributed by atoms with E-state index in [1.807, 2.05) is 0 Å². The molecule has 6 aliphatic rings. The van der Waals surface area contributed by atoms with E-state index in [2.05, 4.69) is 15.6 Å².